The average molecular weight is 238 g/mol. The van der Waals surface area contributed by atoms with E-state index in [4.69, 9.17) is 5.11 Å². The van der Waals surface area contributed by atoms with Gasteiger partial charge in [0.1, 0.15) is 0 Å². The Morgan fingerprint density at radius 3 is 2.56 bits per heavy atom. The van der Waals surface area contributed by atoms with Gasteiger partial charge < -0.3 is 5.11 Å². The molecule has 3 heteroatoms. The second-order valence-electron chi connectivity index (χ2n) is 4.39. The van der Waals surface area contributed by atoms with Crippen molar-refractivity contribution in [2.45, 2.75) is 6.92 Å². The van der Waals surface area contributed by atoms with E-state index in [9.17, 15) is 9.59 Å². The molecule has 0 fully saturated rings. The second kappa shape index (κ2) is 3.53. The summed E-state index contributed by atoms with van der Waals surface area (Å²) in [5, 5.41) is 8.96. The molecule has 1 N–H and O–H groups in total. The topological polar surface area (TPSA) is 54.4 Å². The summed E-state index contributed by atoms with van der Waals surface area (Å²) in [6, 6.07) is 10.4. The van der Waals surface area contributed by atoms with Gasteiger partial charge in [-0.25, -0.2) is 4.79 Å². The molecule has 3 nitrogen and oxygen atoms in total. The highest BCUT2D eigenvalue weighted by atomic mass is 16.4. The molecular formula is C15H10O3. The summed E-state index contributed by atoms with van der Waals surface area (Å²) in [5.41, 5.74) is 3.96. The molecule has 88 valence electrons. The lowest BCUT2D eigenvalue weighted by Crippen LogP contribution is -2.01. The molecule has 0 heterocycles. The SMILES string of the molecule is Cc1cccc2c1C(=O)c1cc(C(=O)O)ccc1-2. The quantitative estimate of drug-likeness (QED) is 0.709. The number of aromatic carboxylic acids is 1. The molecule has 0 spiro atoms. The maximum absolute atomic E-state index is 12.3. The Hall–Kier alpha value is -2.42. The third-order valence-electron chi connectivity index (χ3n) is 3.30. The Labute approximate surface area is 104 Å². The number of fused-ring (bicyclic) bond motifs is 3. The molecule has 0 saturated carbocycles. The molecule has 0 aromatic heterocycles. The van der Waals surface area contributed by atoms with Crippen LogP contribution < -0.4 is 0 Å². The standard InChI is InChI=1S/C15H10O3/c1-8-3-2-4-11-10-6-5-9(15(17)18)7-12(10)14(16)13(8)11/h2-7H,1H3,(H,17,18). The molecule has 0 aliphatic heterocycles. The molecule has 18 heavy (non-hydrogen) atoms. The lowest BCUT2D eigenvalue weighted by Gasteiger charge is -2.01. The summed E-state index contributed by atoms with van der Waals surface area (Å²) in [5.74, 6) is -1.10. The molecule has 1 aliphatic rings. The van der Waals surface area contributed by atoms with Crippen molar-refractivity contribution < 1.29 is 14.7 Å². The number of rotatable bonds is 1. The largest absolute Gasteiger partial charge is 0.478 e. The van der Waals surface area contributed by atoms with Crippen molar-refractivity contribution in [1.29, 1.82) is 0 Å². The smallest absolute Gasteiger partial charge is 0.335 e. The number of benzene rings is 2. The molecular weight excluding hydrogens is 228 g/mol. The molecule has 0 radical (unpaired) electrons. The summed E-state index contributed by atoms with van der Waals surface area (Å²) < 4.78 is 0. The van der Waals surface area contributed by atoms with E-state index in [1.807, 2.05) is 25.1 Å². The van der Waals surface area contributed by atoms with E-state index in [1.54, 1.807) is 6.07 Å². The van der Waals surface area contributed by atoms with Crippen LogP contribution in [0.1, 0.15) is 31.8 Å². The number of aryl methyl sites for hydroxylation is 1. The predicted molar refractivity (Wildman–Crippen MR) is 67.0 cm³/mol. The summed E-state index contributed by atoms with van der Waals surface area (Å²) in [4.78, 5) is 23.2. The molecule has 3 rings (SSSR count). The number of hydrogen-bond donors (Lipinski definition) is 1. The van der Waals surface area contributed by atoms with Crippen LogP contribution in [0.3, 0.4) is 0 Å². The number of carbonyl (C=O) groups is 2. The van der Waals surface area contributed by atoms with Crippen LogP contribution in [0, 0.1) is 6.92 Å². The summed E-state index contributed by atoms with van der Waals surface area (Å²) in [6.45, 7) is 1.89. The summed E-state index contributed by atoms with van der Waals surface area (Å²) >= 11 is 0. The van der Waals surface area contributed by atoms with Gasteiger partial charge in [-0.05, 0) is 35.7 Å². The maximum Gasteiger partial charge on any atom is 0.335 e. The van der Waals surface area contributed by atoms with E-state index in [1.165, 1.54) is 12.1 Å². The van der Waals surface area contributed by atoms with Gasteiger partial charge in [-0.15, -0.1) is 0 Å². The normalized spacial score (nSPS) is 12.2. The van der Waals surface area contributed by atoms with Crippen molar-refractivity contribution in [3.63, 3.8) is 0 Å². The molecule has 1 aliphatic carbocycles. The number of carboxylic acids is 1. The van der Waals surface area contributed by atoms with Crippen LogP contribution in [0.25, 0.3) is 11.1 Å². The zero-order valence-corrected chi connectivity index (χ0v) is 9.73. The molecule has 0 saturated heterocycles. The first-order valence-corrected chi connectivity index (χ1v) is 5.61. The highest BCUT2D eigenvalue weighted by Gasteiger charge is 2.28. The van der Waals surface area contributed by atoms with Crippen LogP contribution in [0.4, 0.5) is 0 Å². The van der Waals surface area contributed by atoms with Gasteiger partial charge in [0.15, 0.2) is 5.78 Å². The van der Waals surface area contributed by atoms with Gasteiger partial charge in [0.05, 0.1) is 5.56 Å². The van der Waals surface area contributed by atoms with Crippen LogP contribution in [0.2, 0.25) is 0 Å². The molecule has 0 bridgehead atoms. The van der Waals surface area contributed by atoms with Crippen LogP contribution in [0.5, 0.6) is 0 Å². The predicted octanol–water partition coefficient (Wildman–Crippen LogP) is 2.90. The van der Waals surface area contributed by atoms with Gasteiger partial charge in [-0.3, -0.25) is 4.79 Å². The number of carboxylic acid groups (broad SMARTS) is 1. The molecule has 2 aromatic rings. The van der Waals surface area contributed by atoms with Gasteiger partial charge >= 0.3 is 5.97 Å². The minimum absolute atomic E-state index is 0.0822. The van der Waals surface area contributed by atoms with Crippen molar-refractivity contribution in [2.75, 3.05) is 0 Å². The molecule has 0 amide bonds. The highest BCUT2D eigenvalue weighted by molar-refractivity contribution is 6.23. The lowest BCUT2D eigenvalue weighted by molar-refractivity contribution is 0.0697. The lowest BCUT2D eigenvalue weighted by atomic mass is 10.0. The van der Waals surface area contributed by atoms with Crippen molar-refractivity contribution in [3.05, 3.63) is 58.7 Å². The highest BCUT2D eigenvalue weighted by Crippen LogP contribution is 2.38. The molecule has 0 atom stereocenters. The van der Waals surface area contributed by atoms with E-state index < -0.39 is 5.97 Å². The van der Waals surface area contributed by atoms with E-state index in [-0.39, 0.29) is 11.3 Å². The zero-order chi connectivity index (χ0) is 12.9. The fourth-order valence-corrected chi connectivity index (χ4v) is 2.43. The minimum atomic E-state index is -1.02. The third-order valence-corrected chi connectivity index (χ3v) is 3.30. The van der Waals surface area contributed by atoms with Crippen molar-refractivity contribution >= 4 is 11.8 Å². The Morgan fingerprint density at radius 2 is 1.83 bits per heavy atom. The van der Waals surface area contributed by atoms with Gasteiger partial charge in [-0.2, -0.15) is 0 Å². The van der Waals surface area contributed by atoms with E-state index in [0.717, 1.165) is 16.7 Å². The maximum atomic E-state index is 12.3. The first-order valence-electron chi connectivity index (χ1n) is 5.61. The number of ketones is 1. The van der Waals surface area contributed by atoms with Crippen LogP contribution in [-0.2, 0) is 0 Å². The van der Waals surface area contributed by atoms with Crippen LogP contribution in [0.15, 0.2) is 36.4 Å². The van der Waals surface area contributed by atoms with E-state index >= 15 is 0 Å². The van der Waals surface area contributed by atoms with E-state index in [2.05, 4.69) is 0 Å². The first-order chi connectivity index (χ1) is 8.59. The van der Waals surface area contributed by atoms with Gasteiger partial charge in [0, 0.05) is 11.1 Å². The Bertz CT molecular complexity index is 699. The van der Waals surface area contributed by atoms with Gasteiger partial charge in [0.2, 0.25) is 0 Å². The van der Waals surface area contributed by atoms with Gasteiger partial charge in [-0.1, -0.05) is 24.3 Å². The third kappa shape index (κ3) is 1.31. The summed E-state index contributed by atoms with van der Waals surface area (Å²) in [6.07, 6.45) is 0. The minimum Gasteiger partial charge on any atom is -0.478 e. The van der Waals surface area contributed by atoms with Crippen LogP contribution in [-0.4, -0.2) is 16.9 Å². The van der Waals surface area contributed by atoms with Gasteiger partial charge in [0.25, 0.3) is 0 Å². The zero-order valence-electron chi connectivity index (χ0n) is 9.73. The average Bonchev–Trinajstić information content (AvgIpc) is 2.64. The fourth-order valence-electron chi connectivity index (χ4n) is 2.43. The summed E-state index contributed by atoms with van der Waals surface area (Å²) in [7, 11) is 0. The number of hydrogen-bond acceptors (Lipinski definition) is 2. The number of carbonyl (C=O) groups excluding carboxylic acids is 1. The molecule has 2 aromatic carbocycles. The van der Waals surface area contributed by atoms with Crippen molar-refractivity contribution in [3.8, 4) is 11.1 Å². The fraction of sp³-hybridized carbons (Fsp3) is 0.0667. The first kappa shape index (κ1) is 10.7. The van der Waals surface area contributed by atoms with Crippen molar-refractivity contribution in [2.24, 2.45) is 0 Å². The van der Waals surface area contributed by atoms with E-state index in [0.29, 0.717) is 11.1 Å². The Kier molecular flexibility index (Phi) is 2.10. The molecule has 0 unspecified atom stereocenters. The monoisotopic (exact) mass is 238 g/mol. The van der Waals surface area contributed by atoms with Crippen LogP contribution >= 0.6 is 0 Å². The van der Waals surface area contributed by atoms with Crippen molar-refractivity contribution in [1.82, 2.24) is 0 Å². The Balaban J connectivity index is 2.30. The Morgan fingerprint density at radius 1 is 1.06 bits per heavy atom. The second-order valence-corrected chi connectivity index (χ2v) is 4.39.